The summed E-state index contributed by atoms with van der Waals surface area (Å²) in [4.78, 5) is 51.1. The predicted molar refractivity (Wildman–Crippen MR) is 107 cm³/mol. The van der Waals surface area contributed by atoms with Gasteiger partial charge in [0.1, 0.15) is 11.2 Å². The summed E-state index contributed by atoms with van der Waals surface area (Å²) in [6.07, 6.45) is -2.33. The van der Waals surface area contributed by atoms with Gasteiger partial charge >= 0.3 is 18.2 Å². The van der Waals surface area contributed by atoms with Gasteiger partial charge in [-0.25, -0.2) is 19.8 Å². The van der Waals surface area contributed by atoms with Crippen LogP contribution in [0.2, 0.25) is 0 Å². The number of ether oxygens (including phenoxy) is 3. The Balaban J connectivity index is 3.70. The van der Waals surface area contributed by atoms with Crippen LogP contribution in [0.4, 0.5) is 9.59 Å². The molecule has 166 valence electrons. The van der Waals surface area contributed by atoms with Crippen molar-refractivity contribution < 1.29 is 33.4 Å². The molecule has 0 aromatic heterocycles. The van der Waals surface area contributed by atoms with E-state index in [4.69, 9.17) is 19.9 Å². The number of hydrogen-bond donors (Lipinski definition) is 2. The van der Waals surface area contributed by atoms with Crippen LogP contribution in [0, 0.1) is 0 Å². The van der Waals surface area contributed by atoms with Gasteiger partial charge in [0.05, 0.1) is 7.11 Å². The lowest BCUT2D eigenvalue weighted by atomic mass is 9.88. The Kier molecular flexibility index (Phi) is 7.44. The third-order valence-electron chi connectivity index (χ3n) is 3.54. The Hall–Kier alpha value is -3.30. The first-order chi connectivity index (χ1) is 13.6. The Morgan fingerprint density at radius 3 is 1.80 bits per heavy atom. The molecule has 0 spiro atoms. The molecule has 1 atom stereocenters. The number of primary amides is 1. The summed E-state index contributed by atoms with van der Waals surface area (Å²) >= 11 is 0. The molecule has 1 aromatic rings. The van der Waals surface area contributed by atoms with E-state index in [2.05, 4.69) is 5.43 Å². The smallest absolute Gasteiger partial charge is 0.431 e. The van der Waals surface area contributed by atoms with E-state index >= 15 is 0 Å². The lowest BCUT2D eigenvalue weighted by molar-refractivity contribution is -0.163. The summed E-state index contributed by atoms with van der Waals surface area (Å²) in [5.74, 6) is -2.48. The van der Waals surface area contributed by atoms with Crippen LogP contribution in [0.3, 0.4) is 0 Å². The van der Waals surface area contributed by atoms with Crippen LogP contribution in [0.25, 0.3) is 0 Å². The normalized spacial score (nSPS) is 13.4. The van der Waals surface area contributed by atoms with Crippen molar-refractivity contribution in [2.24, 2.45) is 5.73 Å². The average molecular weight is 423 g/mol. The number of hydrogen-bond acceptors (Lipinski definition) is 7. The summed E-state index contributed by atoms with van der Waals surface area (Å²) in [5.41, 5.74) is 3.19. The predicted octanol–water partition coefficient (Wildman–Crippen LogP) is 2.22. The lowest BCUT2D eigenvalue weighted by Gasteiger charge is -2.39. The molecule has 0 radical (unpaired) electrons. The number of esters is 1. The molecule has 0 aliphatic heterocycles. The molecule has 1 aromatic carbocycles. The molecular formula is C20H29N3O7. The Morgan fingerprint density at radius 1 is 0.900 bits per heavy atom. The Bertz CT molecular complexity index is 797. The molecule has 0 aliphatic carbocycles. The van der Waals surface area contributed by atoms with Crippen LogP contribution in [0.1, 0.15) is 47.1 Å². The second-order valence-electron chi connectivity index (χ2n) is 8.36. The SMILES string of the molecule is COC(=O)[C@](C(N)=O)(c1ccccc1)N(NC(=O)OC(C)(C)C)C(=O)OC(C)(C)C. The average Bonchev–Trinajstić information content (AvgIpc) is 2.58. The summed E-state index contributed by atoms with van der Waals surface area (Å²) in [5, 5.41) is 0.399. The van der Waals surface area contributed by atoms with Crippen molar-refractivity contribution >= 4 is 24.1 Å². The molecule has 3 N–H and O–H groups in total. The van der Waals surface area contributed by atoms with E-state index in [0.29, 0.717) is 5.01 Å². The van der Waals surface area contributed by atoms with Gasteiger partial charge in [0.2, 0.25) is 0 Å². The number of rotatable bonds is 4. The molecule has 0 saturated carbocycles. The molecular weight excluding hydrogens is 394 g/mol. The highest BCUT2D eigenvalue weighted by Crippen LogP contribution is 2.31. The summed E-state index contributed by atoms with van der Waals surface area (Å²) in [6.45, 7) is 9.52. The zero-order valence-corrected chi connectivity index (χ0v) is 18.3. The van der Waals surface area contributed by atoms with Crippen LogP contribution in [0.15, 0.2) is 30.3 Å². The van der Waals surface area contributed by atoms with Gasteiger partial charge in [-0.1, -0.05) is 30.3 Å². The van der Waals surface area contributed by atoms with Gasteiger partial charge in [-0.3, -0.25) is 4.79 Å². The quantitative estimate of drug-likeness (QED) is 0.328. The highest BCUT2D eigenvalue weighted by Gasteiger charge is 2.57. The van der Waals surface area contributed by atoms with Gasteiger partial charge in [0, 0.05) is 5.56 Å². The third-order valence-corrected chi connectivity index (χ3v) is 3.54. The van der Waals surface area contributed by atoms with Gasteiger partial charge in [0.25, 0.3) is 11.4 Å². The minimum absolute atomic E-state index is 0.0220. The zero-order valence-electron chi connectivity index (χ0n) is 18.3. The molecule has 10 heteroatoms. The highest BCUT2D eigenvalue weighted by atomic mass is 16.6. The highest BCUT2D eigenvalue weighted by molar-refractivity contribution is 6.09. The van der Waals surface area contributed by atoms with Crippen molar-refractivity contribution in [1.82, 2.24) is 10.4 Å². The van der Waals surface area contributed by atoms with Gasteiger partial charge in [-0.2, -0.15) is 5.01 Å². The van der Waals surface area contributed by atoms with Crippen molar-refractivity contribution in [3.63, 3.8) is 0 Å². The van der Waals surface area contributed by atoms with Crippen LogP contribution in [-0.4, -0.2) is 47.4 Å². The molecule has 0 bridgehead atoms. The van der Waals surface area contributed by atoms with E-state index in [1.165, 1.54) is 24.3 Å². The third kappa shape index (κ3) is 5.85. The van der Waals surface area contributed by atoms with Crippen molar-refractivity contribution in [3.8, 4) is 0 Å². The number of carbonyl (C=O) groups excluding carboxylic acids is 4. The van der Waals surface area contributed by atoms with Gasteiger partial charge in [0.15, 0.2) is 0 Å². The fourth-order valence-corrected chi connectivity index (χ4v) is 2.48. The Labute approximate surface area is 175 Å². The number of amides is 3. The number of methoxy groups -OCH3 is 1. The number of hydrazine groups is 1. The van der Waals surface area contributed by atoms with Crippen LogP contribution >= 0.6 is 0 Å². The largest absolute Gasteiger partial charge is 0.467 e. The van der Waals surface area contributed by atoms with Gasteiger partial charge < -0.3 is 19.9 Å². The first kappa shape index (κ1) is 24.7. The number of nitrogens with two attached hydrogens (primary N) is 1. The van der Waals surface area contributed by atoms with E-state index < -0.39 is 40.8 Å². The standard InChI is InChI=1S/C20H29N3O7/c1-18(2,3)29-16(26)22-23(17(27)30-19(4,5)6)20(14(21)24,15(25)28-7)13-11-9-8-10-12-13/h8-12H,1-7H3,(H2,21,24)(H,22,26)/t20-/m1/s1. The molecule has 0 unspecified atom stereocenters. The lowest BCUT2D eigenvalue weighted by Crippen LogP contribution is -2.68. The molecule has 30 heavy (non-hydrogen) atoms. The zero-order chi connectivity index (χ0) is 23.3. The first-order valence-corrected chi connectivity index (χ1v) is 9.12. The molecule has 10 nitrogen and oxygen atoms in total. The summed E-state index contributed by atoms with van der Waals surface area (Å²) in [7, 11) is 1.02. The van der Waals surface area contributed by atoms with E-state index in [-0.39, 0.29) is 5.56 Å². The van der Waals surface area contributed by atoms with Gasteiger partial charge in [-0.15, -0.1) is 0 Å². The first-order valence-electron chi connectivity index (χ1n) is 9.12. The molecule has 0 fully saturated rings. The topological polar surface area (TPSA) is 137 Å². The molecule has 0 heterocycles. The van der Waals surface area contributed by atoms with Crippen molar-refractivity contribution in [3.05, 3.63) is 35.9 Å². The second-order valence-corrected chi connectivity index (χ2v) is 8.36. The minimum atomic E-state index is -2.56. The van der Waals surface area contributed by atoms with Crippen LogP contribution < -0.4 is 11.2 Å². The number of carbonyl (C=O) groups is 4. The fraction of sp³-hybridized carbons (Fsp3) is 0.500. The molecule has 0 saturated heterocycles. The maximum absolute atomic E-state index is 13.0. The number of nitrogens with one attached hydrogen (secondary N) is 1. The van der Waals surface area contributed by atoms with E-state index in [9.17, 15) is 19.2 Å². The van der Waals surface area contributed by atoms with Crippen molar-refractivity contribution in [1.29, 1.82) is 0 Å². The monoisotopic (exact) mass is 423 g/mol. The fourth-order valence-electron chi connectivity index (χ4n) is 2.48. The van der Waals surface area contributed by atoms with E-state index in [1.54, 1.807) is 47.6 Å². The molecule has 0 aliphatic rings. The van der Waals surface area contributed by atoms with E-state index in [1.807, 2.05) is 0 Å². The van der Waals surface area contributed by atoms with Crippen molar-refractivity contribution in [2.75, 3.05) is 7.11 Å². The molecule has 1 rings (SSSR count). The maximum Gasteiger partial charge on any atom is 0.431 e. The maximum atomic E-state index is 13.0. The summed E-state index contributed by atoms with van der Waals surface area (Å²) in [6, 6.07) is 7.45. The number of benzene rings is 1. The van der Waals surface area contributed by atoms with Crippen LogP contribution in [-0.2, 0) is 29.3 Å². The number of nitrogens with zero attached hydrogens (tertiary/aromatic N) is 1. The molecule has 3 amide bonds. The minimum Gasteiger partial charge on any atom is -0.467 e. The summed E-state index contributed by atoms with van der Waals surface area (Å²) < 4.78 is 15.3. The van der Waals surface area contributed by atoms with Crippen molar-refractivity contribution in [2.45, 2.75) is 58.3 Å². The Morgan fingerprint density at radius 2 is 1.40 bits per heavy atom. The second kappa shape index (κ2) is 9.02. The van der Waals surface area contributed by atoms with Gasteiger partial charge in [-0.05, 0) is 41.5 Å². The van der Waals surface area contributed by atoms with E-state index in [0.717, 1.165) is 7.11 Å². The van der Waals surface area contributed by atoms with Crippen LogP contribution in [0.5, 0.6) is 0 Å².